The van der Waals surface area contributed by atoms with Crippen LogP contribution in [0.4, 0.5) is 0 Å². The summed E-state index contributed by atoms with van der Waals surface area (Å²) in [5.41, 5.74) is 2.04. The summed E-state index contributed by atoms with van der Waals surface area (Å²) >= 11 is 0. The van der Waals surface area contributed by atoms with Crippen LogP contribution >= 0.6 is 0 Å². The van der Waals surface area contributed by atoms with Crippen molar-refractivity contribution in [3.63, 3.8) is 0 Å². The highest BCUT2D eigenvalue weighted by Gasteiger charge is 2.22. The number of rotatable bonds is 4. The van der Waals surface area contributed by atoms with Gasteiger partial charge in [-0.1, -0.05) is 17.7 Å². The van der Waals surface area contributed by atoms with Crippen molar-refractivity contribution in [3.8, 4) is 11.5 Å². The summed E-state index contributed by atoms with van der Waals surface area (Å²) in [5.74, 6) is 1.05. The van der Waals surface area contributed by atoms with Gasteiger partial charge in [-0.3, -0.25) is 9.59 Å². The van der Waals surface area contributed by atoms with E-state index in [1.165, 1.54) is 5.56 Å². The van der Waals surface area contributed by atoms with Crippen molar-refractivity contribution in [1.29, 1.82) is 0 Å². The lowest BCUT2D eigenvalue weighted by atomic mass is 10.1. The van der Waals surface area contributed by atoms with Crippen LogP contribution in [0.5, 0.6) is 0 Å². The molecule has 0 saturated carbocycles. The Bertz CT molecular complexity index is 746. The second kappa shape index (κ2) is 7.46. The highest BCUT2D eigenvalue weighted by molar-refractivity contribution is 5.77. The molecule has 3 rings (SSSR count). The molecule has 132 valence electrons. The monoisotopic (exact) mass is 342 g/mol. The topological polar surface area (TPSA) is 79.5 Å². The van der Waals surface area contributed by atoms with Crippen LogP contribution in [-0.4, -0.2) is 58.0 Å². The summed E-state index contributed by atoms with van der Waals surface area (Å²) in [4.78, 5) is 27.2. The number of hydrogen-bond acceptors (Lipinski definition) is 5. The van der Waals surface area contributed by atoms with E-state index in [2.05, 4.69) is 10.2 Å². The quantitative estimate of drug-likeness (QED) is 0.844. The van der Waals surface area contributed by atoms with Crippen molar-refractivity contribution in [2.24, 2.45) is 0 Å². The Balaban J connectivity index is 1.51. The van der Waals surface area contributed by atoms with Gasteiger partial charge in [0.2, 0.25) is 23.6 Å². The molecule has 0 spiro atoms. The Morgan fingerprint density at radius 3 is 2.32 bits per heavy atom. The second-order valence-electron chi connectivity index (χ2n) is 6.25. The summed E-state index contributed by atoms with van der Waals surface area (Å²) in [6, 6.07) is 7.85. The third-order valence-electron chi connectivity index (χ3n) is 4.40. The van der Waals surface area contributed by atoms with E-state index >= 15 is 0 Å². The fraction of sp³-hybridized carbons (Fsp3) is 0.444. The molecule has 0 bridgehead atoms. The number of aromatic nitrogens is 2. The Labute approximate surface area is 146 Å². The maximum Gasteiger partial charge on any atom is 0.247 e. The Morgan fingerprint density at radius 2 is 1.68 bits per heavy atom. The van der Waals surface area contributed by atoms with Gasteiger partial charge in [-0.2, -0.15) is 0 Å². The molecule has 1 fully saturated rings. The minimum absolute atomic E-state index is 0.0540. The van der Waals surface area contributed by atoms with Gasteiger partial charge in [-0.25, -0.2) is 0 Å². The van der Waals surface area contributed by atoms with E-state index in [1.54, 1.807) is 16.7 Å². The minimum atomic E-state index is 0.0540. The average Bonchev–Trinajstić information content (AvgIpc) is 3.09. The van der Waals surface area contributed by atoms with E-state index in [4.69, 9.17) is 4.42 Å². The lowest BCUT2D eigenvalue weighted by Gasteiger charge is -2.34. The number of nitrogens with zero attached hydrogens (tertiary/aromatic N) is 4. The molecule has 1 aliphatic rings. The van der Waals surface area contributed by atoms with Crippen LogP contribution in [0.25, 0.3) is 11.5 Å². The normalized spacial score (nSPS) is 14.6. The van der Waals surface area contributed by atoms with Gasteiger partial charge in [-0.15, -0.1) is 10.2 Å². The van der Waals surface area contributed by atoms with Crippen molar-refractivity contribution in [1.82, 2.24) is 20.0 Å². The number of carbonyl (C=O) groups is 2. The molecule has 2 amide bonds. The predicted octanol–water partition coefficient (Wildman–Crippen LogP) is 1.67. The van der Waals surface area contributed by atoms with Gasteiger partial charge in [0.15, 0.2) is 0 Å². The molecular formula is C18H22N4O3. The highest BCUT2D eigenvalue weighted by Crippen LogP contribution is 2.19. The van der Waals surface area contributed by atoms with Crippen molar-refractivity contribution < 1.29 is 14.0 Å². The molecule has 7 nitrogen and oxygen atoms in total. The van der Waals surface area contributed by atoms with Gasteiger partial charge in [0.05, 0.1) is 0 Å². The molecule has 0 unspecified atom stereocenters. The van der Waals surface area contributed by atoms with Crippen molar-refractivity contribution in [3.05, 3.63) is 35.7 Å². The second-order valence-corrected chi connectivity index (χ2v) is 6.25. The fourth-order valence-electron chi connectivity index (χ4n) is 2.81. The molecule has 1 saturated heterocycles. The van der Waals surface area contributed by atoms with Gasteiger partial charge in [0.1, 0.15) is 0 Å². The Morgan fingerprint density at radius 1 is 1.04 bits per heavy atom. The van der Waals surface area contributed by atoms with Gasteiger partial charge in [-0.05, 0) is 19.1 Å². The summed E-state index contributed by atoms with van der Waals surface area (Å²) in [6.45, 7) is 5.93. The zero-order chi connectivity index (χ0) is 17.8. The van der Waals surface area contributed by atoms with Crippen LogP contribution in [0.3, 0.4) is 0 Å². The van der Waals surface area contributed by atoms with Crippen LogP contribution in [0, 0.1) is 6.92 Å². The number of hydrogen-bond donors (Lipinski definition) is 0. The lowest BCUT2D eigenvalue weighted by molar-refractivity contribution is -0.138. The maximum atomic E-state index is 12.3. The Kier molecular flexibility index (Phi) is 5.11. The molecule has 25 heavy (non-hydrogen) atoms. The van der Waals surface area contributed by atoms with E-state index in [0.717, 1.165) is 5.56 Å². The van der Waals surface area contributed by atoms with Crippen molar-refractivity contribution >= 4 is 11.8 Å². The molecule has 1 aromatic heterocycles. The molecule has 2 heterocycles. The fourth-order valence-corrected chi connectivity index (χ4v) is 2.81. The Hall–Kier alpha value is -2.70. The summed E-state index contributed by atoms with van der Waals surface area (Å²) in [5, 5.41) is 8.08. The predicted molar refractivity (Wildman–Crippen MR) is 91.6 cm³/mol. The first kappa shape index (κ1) is 17.1. The number of amides is 2. The molecule has 0 N–H and O–H groups in total. The highest BCUT2D eigenvalue weighted by atomic mass is 16.4. The van der Waals surface area contributed by atoms with Crippen LogP contribution < -0.4 is 0 Å². The summed E-state index contributed by atoms with van der Waals surface area (Å²) < 4.78 is 5.65. The molecule has 7 heteroatoms. The van der Waals surface area contributed by atoms with Crippen LogP contribution in [0.2, 0.25) is 0 Å². The minimum Gasteiger partial charge on any atom is -0.421 e. The zero-order valence-electron chi connectivity index (χ0n) is 14.6. The zero-order valence-corrected chi connectivity index (χ0v) is 14.6. The first-order valence-electron chi connectivity index (χ1n) is 8.45. The van der Waals surface area contributed by atoms with Gasteiger partial charge in [0.25, 0.3) is 0 Å². The molecular weight excluding hydrogens is 320 g/mol. The smallest absolute Gasteiger partial charge is 0.247 e. The number of benzene rings is 1. The van der Waals surface area contributed by atoms with Crippen LogP contribution in [-0.2, 0) is 16.0 Å². The maximum absolute atomic E-state index is 12.3. The van der Waals surface area contributed by atoms with Crippen LogP contribution in [0.15, 0.2) is 28.7 Å². The van der Waals surface area contributed by atoms with Crippen molar-refractivity contribution in [2.45, 2.75) is 26.7 Å². The third kappa shape index (κ3) is 4.23. The SMILES string of the molecule is CC(=O)N1CCN(C(=O)CCc2nnc(-c3ccc(C)cc3)o2)CC1. The molecule has 1 aliphatic heterocycles. The van der Waals surface area contributed by atoms with Gasteiger partial charge < -0.3 is 14.2 Å². The number of carbonyl (C=O) groups excluding carboxylic acids is 2. The molecule has 2 aromatic rings. The molecule has 0 radical (unpaired) electrons. The van der Waals surface area contributed by atoms with Crippen molar-refractivity contribution in [2.75, 3.05) is 26.2 Å². The largest absolute Gasteiger partial charge is 0.421 e. The number of aryl methyl sites for hydroxylation is 2. The van der Waals surface area contributed by atoms with E-state index in [9.17, 15) is 9.59 Å². The van der Waals surface area contributed by atoms with E-state index in [1.807, 2.05) is 31.2 Å². The average molecular weight is 342 g/mol. The van der Waals surface area contributed by atoms with Gasteiger partial charge in [0, 0.05) is 51.5 Å². The van der Waals surface area contributed by atoms with E-state index in [0.29, 0.717) is 50.8 Å². The first-order chi connectivity index (χ1) is 12.0. The van der Waals surface area contributed by atoms with Gasteiger partial charge >= 0.3 is 0 Å². The summed E-state index contributed by atoms with van der Waals surface area (Å²) in [7, 11) is 0. The third-order valence-corrected chi connectivity index (χ3v) is 4.40. The number of piperazine rings is 1. The standard InChI is InChI=1S/C18H22N4O3/c1-13-3-5-15(6-4-13)18-20-19-16(25-18)7-8-17(24)22-11-9-21(10-12-22)14(2)23/h3-6H,7-12H2,1-2H3. The molecule has 0 aliphatic carbocycles. The first-order valence-corrected chi connectivity index (χ1v) is 8.45. The molecule has 0 atom stereocenters. The lowest BCUT2D eigenvalue weighted by Crippen LogP contribution is -2.50. The van der Waals surface area contributed by atoms with E-state index < -0.39 is 0 Å². The summed E-state index contributed by atoms with van der Waals surface area (Å²) in [6.07, 6.45) is 0.750. The van der Waals surface area contributed by atoms with E-state index in [-0.39, 0.29) is 11.8 Å². The molecule has 1 aromatic carbocycles. The van der Waals surface area contributed by atoms with Crippen LogP contribution in [0.1, 0.15) is 24.8 Å².